The Morgan fingerprint density at radius 1 is 1.43 bits per heavy atom. The van der Waals surface area contributed by atoms with E-state index in [1.54, 1.807) is 18.4 Å². The summed E-state index contributed by atoms with van der Waals surface area (Å²) in [6, 6.07) is 0. The van der Waals surface area contributed by atoms with Crippen LogP contribution in [0.4, 0.5) is 0 Å². The number of thiazole rings is 1. The van der Waals surface area contributed by atoms with E-state index in [2.05, 4.69) is 49.6 Å². The Bertz CT molecular complexity index is 578. The van der Waals surface area contributed by atoms with E-state index in [0.717, 1.165) is 12.1 Å². The van der Waals surface area contributed by atoms with Crippen LogP contribution in [0.1, 0.15) is 49.7 Å². The Hall–Kier alpha value is -1.61. The van der Waals surface area contributed by atoms with Crippen LogP contribution in [0.15, 0.2) is 47.1 Å². The largest absolute Gasteiger partial charge is 0.504 e. The van der Waals surface area contributed by atoms with Crippen molar-refractivity contribution < 1.29 is 4.74 Å². The molecule has 1 aliphatic rings. The van der Waals surface area contributed by atoms with Crippen molar-refractivity contribution >= 4 is 17.4 Å². The standard InChI is InChI=1S/C18H23NOS/c1-4-7-14(2)18-19-17(13-21-18)11-10-15-8-5-6-9-16(15)12-20-3/h5-6,8,10-14H,4,7,9H2,1-3H3. The summed E-state index contributed by atoms with van der Waals surface area (Å²) >= 11 is 1.76. The van der Waals surface area contributed by atoms with Crippen LogP contribution in [0.3, 0.4) is 0 Å². The van der Waals surface area contributed by atoms with Gasteiger partial charge in [-0.2, -0.15) is 0 Å². The molecule has 0 radical (unpaired) electrons. The Morgan fingerprint density at radius 2 is 2.29 bits per heavy atom. The van der Waals surface area contributed by atoms with Crippen LogP contribution < -0.4 is 0 Å². The van der Waals surface area contributed by atoms with Crippen molar-refractivity contribution in [1.82, 2.24) is 4.98 Å². The summed E-state index contributed by atoms with van der Waals surface area (Å²) < 4.78 is 5.14. The molecule has 0 saturated carbocycles. The number of aromatic nitrogens is 1. The van der Waals surface area contributed by atoms with Gasteiger partial charge in [0.15, 0.2) is 0 Å². The molecule has 0 aliphatic heterocycles. The van der Waals surface area contributed by atoms with Crippen molar-refractivity contribution in [3.8, 4) is 0 Å². The van der Waals surface area contributed by atoms with Crippen LogP contribution in [0, 0.1) is 0 Å². The lowest BCUT2D eigenvalue weighted by molar-refractivity contribution is 0.334. The average molecular weight is 301 g/mol. The summed E-state index contributed by atoms with van der Waals surface area (Å²) in [5.74, 6) is 0.558. The monoisotopic (exact) mass is 301 g/mol. The Labute approximate surface area is 131 Å². The van der Waals surface area contributed by atoms with Gasteiger partial charge in [0.2, 0.25) is 0 Å². The van der Waals surface area contributed by atoms with E-state index in [1.165, 1.54) is 29.0 Å². The fraction of sp³-hybridized carbons (Fsp3) is 0.389. The second-order valence-electron chi connectivity index (χ2n) is 5.27. The first-order chi connectivity index (χ1) is 10.2. The van der Waals surface area contributed by atoms with E-state index in [1.807, 2.05) is 6.26 Å². The van der Waals surface area contributed by atoms with E-state index in [9.17, 15) is 0 Å². The van der Waals surface area contributed by atoms with E-state index < -0.39 is 0 Å². The maximum Gasteiger partial charge on any atom is 0.0960 e. The van der Waals surface area contributed by atoms with Gasteiger partial charge in [0.05, 0.1) is 24.1 Å². The lowest BCUT2D eigenvalue weighted by atomic mass is 9.99. The van der Waals surface area contributed by atoms with Crippen LogP contribution >= 0.6 is 11.3 Å². The highest BCUT2D eigenvalue weighted by molar-refractivity contribution is 7.09. The van der Waals surface area contributed by atoms with Gasteiger partial charge >= 0.3 is 0 Å². The van der Waals surface area contributed by atoms with Gasteiger partial charge in [-0.1, -0.05) is 44.6 Å². The molecular weight excluding hydrogens is 278 g/mol. The number of hydrogen-bond donors (Lipinski definition) is 0. The van der Waals surface area contributed by atoms with E-state index in [0.29, 0.717) is 5.92 Å². The SMILES string of the molecule is CCCC(C)c1nc(C=CC2=CC=CCC2=COC)cs1. The van der Waals surface area contributed by atoms with Crippen molar-refractivity contribution in [2.45, 2.75) is 39.0 Å². The summed E-state index contributed by atoms with van der Waals surface area (Å²) in [6.07, 6.45) is 15.7. The fourth-order valence-electron chi connectivity index (χ4n) is 2.35. The number of methoxy groups -OCH3 is 1. The molecule has 2 rings (SSSR count). The quantitative estimate of drug-likeness (QED) is 0.649. The van der Waals surface area contributed by atoms with Crippen molar-refractivity contribution in [1.29, 1.82) is 0 Å². The first kappa shape index (κ1) is 15.8. The van der Waals surface area contributed by atoms with Crippen molar-refractivity contribution in [2.24, 2.45) is 0 Å². The predicted octanol–water partition coefficient (Wildman–Crippen LogP) is 5.48. The number of allylic oxidation sites excluding steroid dienone is 6. The number of nitrogens with zero attached hydrogens (tertiary/aromatic N) is 1. The number of rotatable bonds is 6. The molecule has 0 saturated heterocycles. The molecule has 1 atom stereocenters. The van der Waals surface area contributed by atoms with Gasteiger partial charge in [-0.25, -0.2) is 4.98 Å². The second-order valence-corrected chi connectivity index (χ2v) is 6.16. The zero-order chi connectivity index (χ0) is 15.1. The van der Waals surface area contributed by atoms with Crippen LogP contribution in [-0.2, 0) is 4.74 Å². The summed E-state index contributed by atoms with van der Waals surface area (Å²) in [4.78, 5) is 4.72. The van der Waals surface area contributed by atoms with Gasteiger partial charge in [0.25, 0.3) is 0 Å². The zero-order valence-corrected chi connectivity index (χ0v) is 13.8. The molecule has 0 spiro atoms. The molecule has 0 N–H and O–H groups in total. The van der Waals surface area contributed by atoms with Crippen LogP contribution in [0.25, 0.3) is 6.08 Å². The Kier molecular flexibility index (Phi) is 6.00. The summed E-state index contributed by atoms with van der Waals surface area (Å²) in [5.41, 5.74) is 3.44. The molecule has 0 bridgehead atoms. The summed E-state index contributed by atoms with van der Waals surface area (Å²) in [5, 5.41) is 3.37. The molecule has 1 aromatic heterocycles. The van der Waals surface area contributed by atoms with Gasteiger partial charge in [0, 0.05) is 11.3 Å². The van der Waals surface area contributed by atoms with Crippen molar-refractivity contribution in [3.63, 3.8) is 0 Å². The van der Waals surface area contributed by atoms with Crippen molar-refractivity contribution in [3.05, 3.63) is 57.8 Å². The molecule has 0 fully saturated rings. The molecule has 0 amide bonds. The molecule has 1 aliphatic carbocycles. The molecule has 2 nitrogen and oxygen atoms in total. The van der Waals surface area contributed by atoms with Crippen molar-refractivity contribution in [2.75, 3.05) is 7.11 Å². The predicted molar refractivity (Wildman–Crippen MR) is 91.4 cm³/mol. The van der Waals surface area contributed by atoms with Crippen LogP contribution in [0.5, 0.6) is 0 Å². The maximum absolute atomic E-state index is 5.14. The molecule has 1 aromatic rings. The van der Waals surface area contributed by atoms with Gasteiger partial charge in [-0.15, -0.1) is 11.3 Å². The van der Waals surface area contributed by atoms with Gasteiger partial charge in [-0.3, -0.25) is 0 Å². The number of hydrogen-bond acceptors (Lipinski definition) is 3. The van der Waals surface area contributed by atoms with Gasteiger partial charge in [0.1, 0.15) is 0 Å². The highest BCUT2D eigenvalue weighted by atomic mass is 32.1. The molecule has 3 heteroatoms. The van der Waals surface area contributed by atoms with Crippen LogP contribution in [0.2, 0.25) is 0 Å². The normalized spacial score (nSPS) is 18.2. The molecule has 21 heavy (non-hydrogen) atoms. The minimum absolute atomic E-state index is 0.558. The summed E-state index contributed by atoms with van der Waals surface area (Å²) in [6.45, 7) is 4.47. The lowest BCUT2D eigenvalue weighted by Crippen LogP contribution is -1.92. The van der Waals surface area contributed by atoms with E-state index in [-0.39, 0.29) is 0 Å². The minimum Gasteiger partial charge on any atom is -0.504 e. The first-order valence-electron chi connectivity index (χ1n) is 7.47. The fourth-order valence-corrected chi connectivity index (χ4v) is 3.23. The molecule has 1 unspecified atom stereocenters. The number of ether oxygens (including phenoxy) is 1. The zero-order valence-electron chi connectivity index (χ0n) is 13.0. The third-order valence-electron chi connectivity index (χ3n) is 3.50. The van der Waals surface area contributed by atoms with E-state index in [4.69, 9.17) is 9.72 Å². The molecule has 1 heterocycles. The maximum atomic E-state index is 5.14. The van der Waals surface area contributed by atoms with Gasteiger partial charge in [-0.05, 0) is 30.1 Å². The third kappa shape index (κ3) is 4.43. The minimum atomic E-state index is 0.558. The average Bonchev–Trinajstić information content (AvgIpc) is 2.96. The molecule has 112 valence electrons. The first-order valence-corrected chi connectivity index (χ1v) is 8.35. The third-order valence-corrected chi connectivity index (χ3v) is 4.59. The highest BCUT2D eigenvalue weighted by Gasteiger charge is 2.09. The Balaban J connectivity index is 2.08. The van der Waals surface area contributed by atoms with Crippen LogP contribution in [-0.4, -0.2) is 12.1 Å². The molecular formula is C18H23NOS. The smallest absolute Gasteiger partial charge is 0.0960 e. The van der Waals surface area contributed by atoms with Gasteiger partial charge < -0.3 is 4.74 Å². The van der Waals surface area contributed by atoms with E-state index >= 15 is 0 Å². The highest BCUT2D eigenvalue weighted by Crippen LogP contribution is 2.26. The Morgan fingerprint density at radius 3 is 3.05 bits per heavy atom. The summed E-state index contributed by atoms with van der Waals surface area (Å²) in [7, 11) is 1.69. The second kappa shape index (κ2) is 7.99. The molecule has 0 aromatic carbocycles. The topological polar surface area (TPSA) is 22.1 Å². The lowest BCUT2D eigenvalue weighted by Gasteiger charge is -2.09.